The highest BCUT2D eigenvalue weighted by Gasteiger charge is 2.27. The smallest absolute Gasteiger partial charge is 0.308 e. The first-order chi connectivity index (χ1) is 14.7. The fourth-order valence-electron chi connectivity index (χ4n) is 2.81. The Bertz CT molecular complexity index is 936. The molecule has 2 aromatic carbocycles. The molecular formula is C22H24FN3O5. The van der Waals surface area contributed by atoms with Crippen LogP contribution < -0.4 is 16.4 Å². The van der Waals surface area contributed by atoms with Gasteiger partial charge in [0.1, 0.15) is 24.5 Å². The molecule has 9 heteroatoms. The van der Waals surface area contributed by atoms with Gasteiger partial charge in [-0.25, -0.2) is 4.39 Å². The van der Waals surface area contributed by atoms with Crippen molar-refractivity contribution in [3.63, 3.8) is 0 Å². The number of benzene rings is 2. The normalized spacial score (nSPS) is 12.3. The van der Waals surface area contributed by atoms with Crippen molar-refractivity contribution in [1.82, 2.24) is 10.6 Å². The largest absolute Gasteiger partial charge is 0.461 e. The number of hydrogen-bond donors (Lipinski definition) is 3. The van der Waals surface area contributed by atoms with Gasteiger partial charge in [-0.3, -0.25) is 19.2 Å². The molecule has 0 bridgehead atoms. The van der Waals surface area contributed by atoms with Crippen LogP contribution in [0.3, 0.4) is 0 Å². The molecule has 0 unspecified atom stereocenters. The zero-order chi connectivity index (χ0) is 22.8. The number of rotatable bonds is 10. The molecule has 2 rings (SSSR count). The van der Waals surface area contributed by atoms with E-state index in [1.165, 1.54) is 25.1 Å². The molecule has 0 saturated carbocycles. The summed E-state index contributed by atoms with van der Waals surface area (Å²) < 4.78 is 18.6. The maximum absolute atomic E-state index is 13.4. The Hall–Kier alpha value is -3.75. The van der Waals surface area contributed by atoms with Crippen molar-refractivity contribution in [2.75, 3.05) is 0 Å². The fraction of sp³-hybridized carbons (Fsp3) is 0.273. The average molecular weight is 429 g/mol. The molecule has 0 radical (unpaired) electrons. The molecule has 4 N–H and O–H groups in total. The fourth-order valence-corrected chi connectivity index (χ4v) is 2.81. The number of nitrogens with one attached hydrogen (secondary N) is 2. The third kappa shape index (κ3) is 8.25. The van der Waals surface area contributed by atoms with Gasteiger partial charge < -0.3 is 21.1 Å². The molecule has 164 valence electrons. The van der Waals surface area contributed by atoms with Crippen LogP contribution in [0.15, 0.2) is 54.6 Å². The van der Waals surface area contributed by atoms with E-state index in [1.807, 2.05) is 6.07 Å². The van der Waals surface area contributed by atoms with Gasteiger partial charge in [-0.1, -0.05) is 42.5 Å². The summed E-state index contributed by atoms with van der Waals surface area (Å²) in [5.74, 6) is -3.38. The summed E-state index contributed by atoms with van der Waals surface area (Å²) in [5.41, 5.74) is 6.54. The van der Waals surface area contributed by atoms with Gasteiger partial charge in [0.15, 0.2) is 0 Å². The van der Waals surface area contributed by atoms with E-state index in [4.69, 9.17) is 10.5 Å². The van der Waals surface area contributed by atoms with Gasteiger partial charge in [0.05, 0.1) is 6.42 Å². The molecule has 0 saturated heterocycles. The lowest BCUT2D eigenvalue weighted by molar-refractivity contribution is -0.147. The second-order valence-corrected chi connectivity index (χ2v) is 6.90. The number of primary amides is 1. The van der Waals surface area contributed by atoms with Gasteiger partial charge >= 0.3 is 5.97 Å². The highest BCUT2D eigenvalue weighted by molar-refractivity contribution is 5.93. The summed E-state index contributed by atoms with van der Waals surface area (Å²) >= 11 is 0. The van der Waals surface area contributed by atoms with Crippen molar-refractivity contribution in [1.29, 1.82) is 0 Å². The summed E-state index contributed by atoms with van der Waals surface area (Å²) in [5, 5.41) is 4.81. The molecular weight excluding hydrogens is 405 g/mol. The number of esters is 1. The Morgan fingerprint density at radius 2 is 1.65 bits per heavy atom. The van der Waals surface area contributed by atoms with Crippen molar-refractivity contribution in [2.45, 2.75) is 38.5 Å². The number of halogens is 1. The first-order valence-electron chi connectivity index (χ1n) is 9.55. The zero-order valence-corrected chi connectivity index (χ0v) is 17.0. The van der Waals surface area contributed by atoms with Crippen LogP contribution in [-0.2, 0) is 36.9 Å². The van der Waals surface area contributed by atoms with Crippen LogP contribution in [0, 0.1) is 5.82 Å². The van der Waals surface area contributed by atoms with E-state index >= 15 is 0 Å². The Labute approximate surface area is 179 Å². The van der Waals surface area contributed by atoms with Crippen LogP contribution in [0.1, 0.15) is 24.5 Å². The van der Waals surface area contributed by atoms with E-state index in [0.29, 0.717) is 5.56 Å². The number of hydrogen-bond acceptors (Lipinski definition) is 5. The van der Waals surface area contributed by atoms with Crippen LogP contribution in [0.4, 0.5) is 4.39 Å². The van der Waals surface area contributed by atoms with Crippen LogP contribution in [-0.4, -0.2) is 35.8 Å². The third-order valence-corrected chi connectivity index (χ3v) is 4.30. The maximum Gasteiger partial charge on any atom is 0.308 e. The summed E-state index contributed by atoms with van der Waals surface area (Å²) in [4.78, 5) is 48.0. The molecule has 0 aromatic heterocycles. The maximum atomic E-state index is 13.4. The molecule has 31 heavy (non-hydrogen) atoms. The molecule has 2 aromatic rings. The topological polar surface area (TPSA) is 128 Å². The van der Waals surface area contributed by atoms with Crippen LogP contribution >= 0.6 is 0 Å². The molecule has 0 heterocycles. The predicted octanol–water partition coefficient (Wildman–Crippen LogP) is 0.976. The molecule has 0 spiro atoms. The number of amides is 3. The highest BCUT2D eigenvalue weighted by Crippen LogP contribution is 2.08. The van der Waals surface area contributed by atoms with E-state index in [0.717, 1.165) is 5.56 Å². The number of nitrogens with two attached hydrogens (primary N) is 1. The van der Waals surface area contributed by atoms with Crippen molar-refractivity contribution in [3.05, 3.63) is 71.5 Å². The summed E-state index contributed by atoms with van der Waals surface area (Å²) in [6, 6.07) is 12.1. The van der Waals surface area contributed by atoms with Crippen molar-refractivity contribution in [3.8, 4) is 0 Å². The molecule has 0 aliphatic carbocycles. The van der Waals surface area contributed by atoms with Gasteiger partial charge in [-0.2, -0.15) is 0 Å². The second kappa shape index (κ2) is 11.4. The molecule has 2 atom stereocenters. The molecule has 0 fully saturated rings. The first kappa shape index (κ1) is 23.5. The average Bonchev–Trinajstić information content (AvgIpc) is 2.71. The Kier molecular flexibility index (Phi) is 8.68. The lowest BCUT2D eigenvalue weighted by atomic mass is 10.0. The van der Waals surface area contributed by atoms with E-state index < -0.39 is 48.0 Å². The first-order valence-corrected chi connectivity index (χ1v) is 9.55. The minimum absolute atomic E-state index is 0.00713. The van der Waals surface area contributed by atoms with Gasteiger partial charge in [0.2, 0.25) is 17.7 Å². The monoisotopic (exact) mass is 429 g/mol. The van der Waals surface area contributed by atoms with Gasteiger partial charge in [-0.05, 0) is 23.3 Å². The van der Waals surface area contributed by atoms with E-state index in [9.17, 15) is 23.6 Å². The van der Waals surface area contributed by atoms with E-state index in [2.05, 4.69) is 10.6 Å². The molecule has 0 aliphatic heterocycles. The number of carbonyl (C=O) groups excluding carboxylic acids is 4. The lowest BCUT2D eigenvalue weighted by Gasteiger charge is -2.21. The Morgan fingerprint density at radius 1 is 0.968 bits per heavy atom. The molecule has 0 aliphatic rings. The predicted molar refractivity (Wildman–Crippen MR) is 110 cm³/mol. The van der Waals surface area contributed by atoms with Crippen molar-refractivity contribution >= 4 is 23.7 Å². The van der Waals surface area contributed by atoms with Gasteiger partial charge in [0.25, 0.3) is 0 Å². The van der Waals surface area contributed by atoms with Crippen LogP contribution in [0.5, 0.6) is 0 Å². The van der Waals surface area contributed by atoms with Gasteiger partial charge in [0, 0.05) is 13.3 Å². The minimum Gasteiger partial charge on any atom is -0.461 e. The zero-order valence-electron chi connectivity index (χ0n) is 17.0. The van der Waals surface area contributed by atoms with E-state index in [-0.39, 0.29) is 13.0 Å². The Morgan fingerprint density at radius 3 is 2.26 bits per heavy atom. The highest BCUT2D eigenvalue weighted by atomic mass is 19.1. The summed E-state index contributed by atoms with van der Waals surface area (Å²) in [6.07, 6.45) is -0.492. The molecule has 8 nitrogen and oxygen atoms in total. The standard InChI is InChI=1S/C22H24FN3O5/c1-14(27)25-19(11-16-8-5-9-17(23)10-16)22(30)26-18(21(24)29)12-20(28)31-13-15-6-3-2-4-7-15/h2-10,18-19H,11-13H2,1H3,(H2,24,29)(H,25,27)(H,26,30)/t18-,19-/m1/s1. The second-order valence-electron chi connectivity index (χ2n) is 6.90. The van der Waals surface area contributed by atoms with Crippen LogP contribution in [0.2, 0.25) is 0 Å². The minimum atomic E-state index is -1.33. The van der Waals surface area contributed by atoms with Gasteiger partial charge in [-0.15, -0.1) is 0 Å². The quantitative estimate of drug-likeness (QED) is 0.485. The number of ether oxygens (including phenoxy) is 1. The lowest BCUT2D eigenvalue weighted by Crippen LogP contribution is -2.54. The summed E-state index contributed by atoms with van der Waals surface area (Å²) in [7, 11) is 0. The summed E-state index contributed by atoms with van der Waals surface area (Å²) in [6.45, 7) is 1.23. The van der Waals surface area contributed by atoms with E-state index in [1.54, 1.807) is 30.3 Å². The number of carbonyl (C=O) groups is 4. The van der Waals surface area contributed by atoms with Crippen LogP contribution in [0.25, 0.3) is 0 Å². The SMILES string of the molecule is CC(=O)N[C@H](Cc1cccc(F)c1)C(=O)N[C@H](CC(=O)OCc1ccccc1)C(N)=O. The molecule has 3 amide bonds. The third-order valence-electron chi connectivity index (χ3n) is 4.30. The Balaban J connectivity index is 2.00. The van der Waals surface area contributed by atoms with Crippen molar-refractivity contribution < 1.29 is 28.3 Å². The van der Waals surface area contributed by atoms with Crippen molar-refractivity contribution in [2.24, 2.45) is 5.73 Å².